The molecule has 0 unspecified atom stereocenters. The minimum Gasteiger partial charge on any atom is -0.459 e. The van der Waals surface area contributed by atoms with Crippen molar-refractivity contribution in [3.05, 3.63) is 75.4 Å². The molecule has 0 spiro atoms. The number of nitrogens with zero attached hydrogens (tertiary/aromatic N) is 1. The Labute approximate surface area is 181 Å². The molecule has 0 aliphatic rings. The van der Waals surface area contributed by atoms with Crippen molar-refractivity contribution in [2.24, 2.45) is 0 Å². The SMILES string of the molecule is Cc1ccc(-c2nc(NC(=O)c3sc(NC(=O)c4ccco4)cc3C)sc2C)cc1. The van der Waals surface area contributed by atoms with E-state index in [2.05, 4.69) is 15.6 Å². The van der Waals surface area contributed by atoms with Crippen LogP contribution in [-0.2, 0) is 0 Å². The van der Waals surface area contributed by atoms with Crippen LogP contribution in [0.3, 0.4) is 0 Å². The van der Waals surface area contributed by atoms with Crippen molar-refractivity contribution >= 4 is 44.6 Å². The molecule has 0 saturated heterocycles. The Morgan fingerprint density at radius 1 is 0.967 bits per heavy atom. The number of amides is 2. The molecule has 1 aromatic carbocycles. The molecule has 0 aliphatic carbocycles. The van der Waals surface area contributed by atoms with Gasteiger partial charge in [0.15, 0.2) is 10.9 Å². The van der Waals surface area contributed by atoms with Gasteiger partial charge < -0.3 is 9.73 Å². The van der Waals surface area contributed by atoms with Gasteiger partial charge in [-0.2, -0.15) is 0 Å². The Hall–Kier alpha value is -3.23. The van der Waals surface area contributed by atoms with Crippen LogP contribution in [0.2, 0.25) is 0 Å². The summed E-state index contributed by atoms with van der Waals surface area (Å²) in [6, 6.07) is 13.1. The van der Waals surface area contributed by atoms with Crippen LogP contribution in [0, 0.1) is 20.8 Å². The number of thiazole rings is 1. The molecule has 2 N–H and O–H groups in total. The Kier molecular flexibility index (Phi) is 5.52. The van der Waals surface area contributed by atoms with Gasteiger partial charge in [0.25, 0.3) is 11.8 Å². The van der Waals surface area contributed by atoms with Gasteiger partial charge in [0.1, 0.15) is 0 Å². The first-order valence-corrected chi connectivity index (χ1v) is 10.8. The summed E-state index contributed by atoms with van der Waals surface area (Å²) in [5.74, 6) is -0.388. The number of rotatable bonds is 5. The van der Waals surface area contributed by atoms with Crippen LogP contribution in [0.4, 0.5) is 10.1 Å². The summed E-state index contributed by atoms with van der Waals surface area (Å²) >= 11 is 2.65. The first-order chi connectivity index (χ1) is 14.4. The second-order valence-corrected chi connectivity index (χ2v) is 9.05. The molecule has 0 fully saturated rings. The van der Waals surface area contributed by atoms with Crippen LogP contribution >= 0.6 is 22.7 Å². The highest BCUT2D eigenvalue weighted by molar-refractivity contribution is 7.19. The van der Waals surface area contributed by atoms with Crippen molar-refractivity contribution in [2.75, 3.05) is 10.6 Å². The molecule has 0 radical (unpaired) electrons. The summed E-state index contributed by atoms with van der Waals surface area (Å²) in [5, 5.41) is 6.76. The maximum absolute atomic E-state index is 12.8. The van der Waals surface area contributed by atoms with E-state index in [1.54, 1.807) is 18.2 Å². The van der Waals surface area contributed by atoms with E-state index in [0.29, 0.717) is 15.0 Å². The summed E-state index contributed by atoms with van der Waals surface area (Å²) < 4.78 is 5.09. The predicted octanol–water partition coefficient (Wildman–Crippen LogP) is 5.89. The van der Waals surface area contributed by atoms with E-state index in [9.17, 15) is 9.59 Å². The topological polar surface area (TPSA) is 84.2 Å². The van der Waals surface area contributed by atoms with Crippen LogP contribution < -0.4 is 10.6 Å². The van der Waals surface area contributed by atoms with Gasteiger partial charge >= 0.3 is 0 Å². The monoisotopic (exact) mass is 437 g/mol. The normalized spacial score (nSPS) is 10.8. The minimum absolute atomic E-state index is 0.217. The number of hydrogen-bond donors (Lipinski definition) is 2. The zero-order valence-electron chi connectivity index (χ0n) is 16.6. The molecule has 3 aromatic heterocycles. The quantitative estimate of drug-likeness (QED) is 0.407. The summed E-state index contributed by atoms with van der Waals surface area (Å²) in [5.41, 5.74) is 3.84. The van der Waals surface area contributed by atoms with Gasteiger partial charge in [-0.05, 0) is 44.5 Å². The van der Waals surface area contributed by atoms with Crippen LogP contribution in [0.1, 0.15) is 36.2 Å². The highest BCUT2D eigenvalue weighted by Gasteiger charge is 2.19. The van der Waals surface area contributed by atoms with E-state index in [0.717, 1.165) is 21.7 Å². The van der Waals surface area contributed by atoms with E-state index >= 15 is 0 Å². The lowest BCUT2D eigenvalue weighted by atomic mass is 10.1. The van der Waals surface area contributed by atoms with Gasteiger partial charge in [0, 0.05) is 10.4 Å². The zero-order chi connectivity index (χ0) is 21.3. The molecule has 6 nitrogen and oxygen atoms in total. The number of aryl methyl sites for hydroxylation is 3. The Morgan fingerprint density at radius 2 is 1.73 bits per heavy atom. The fourth-order valence-corrected chi connectivity index (χ4v) is 4.73. The van der Waals surface area contributed by atoms with Gasteiger partial charge in [-0.3, -0.25) is 14.9 Å². The molecule has 0 saturated carbocycles. The fraction of sp³-hybridized carbons (Fsp3) is 0.136. The van der Waals surface area contributed by atoms with Crippen LogP contribution in [-0.4, -0.2) is 16.8 Å². The number of carbonyl (C=O) groups excluding carboxylic acids is 2. The third kappa shape index (κ3) is 4.19. The molecule has 3 heterocycles. The number of carbonyl (C=O) groups is 2. The van der Waals surface area contributed by atoms with Gasteiger partial charge in [-0.1, -0.05) is 29.8 Å². The van der Waals surface area contributed by atoms with Gasteiger partial charge in [-0.25, -0.2) is 4.98 Å². The van der Waals surface area contributed by atoms with Crippen molar-refractivity contribution in [3.63, 3.8) is 0 Å². The first-order valence-electron chi connectivity index (χ1n) is 9.22. The largest absolute Gasteiger partial charge is 0.459 e. The number of hydrogen-bond acceptors (Lipinski definition) is 6. The maximum Gasteiger partial charge on any atom is 0.291 e. The molecule has 152 valence electrons. The predicted molar refractivity (Wildman–Crippen MR) is 121 cm³/mol. The molecule has 8 heteroatoms. The second kappa shape index (κ2) is 8.25. The third-order valence-electron chi connectivity index (χ3n) is 4.45. The molecule has 4 aromatic rings. The fourth-order valence-electron chi connectivity index (χ4n) is 2.93. The molecule has 2 amide bonds. The number of nitrogens with one attached hydrogen (secondary N) is 2. The summed E-state index contributed by atoms with van der Waals surface area (Å²) in [7, 11) is 0. The van der Waals surface area contributed by atoms with E-state index in [-0.39, 0.29) is 17.6 Å². The van der Waals surface area contributed by atoms with Crippen molar-refractivity contribution < 1.29 is 14.0 Å². The summed E-state index contributed by atoms with van der Waals surface area (Å²) in [6.07, 6.45) is 1.44. The average Bonchev–Trinajstić information content (AvgIpc) is 3.43. The number of thiophene rings is 1. The van der Waals surface area contributed by atoms with E-state index in [4.69, 9.17) is 4.42 Å². The van der Waals surface area contributed by atoms with Crippen molar-refractivity contribution in [2.45, 2.75) is 20.8 Å². The van der Waals surface area contributed by atoms with Gasteiger partial charge in [0.2, 0.25) is 0 Å². The number of aromatic nitrogens is 1. The van der Waals surface area contributed by atoms with Crippen molar-refractivity contribution in [1.29, 1.82) is 0 Å². The summed E-state index contributed by atoms with van der Waals surface area (Å²) in [6.45, 7) is 5.86. The minimum atomic E-state index is -0.355. The maximum atomic E-state index is 12.8. The highest BCUT2D eigenvalue weighted by atomic mass is 32.1. The Balaban J connectivity index is 1.49. The number of furan rings is 1. The molecule has 0 aliphatic heterocycles. The second-order valence-electron chi connectivity index (χ2n) is 6.80. The first kappa shape index (κ1) is 20.1. The van der Waals surface area contributed by atoms with Gasteiger partial charge in [0.05, 0.1) is 21.8 Å². The Morgan fingerprint density at radius 3 is 2.43 bits per heavy atom. The van der Waals surface area contributed by atoms with Crippen molar-refractivity contribution in [1.82, 2.24) is 4.98 Å². The molecule has 4 rings (SSSR count). The highest BCUT2D eigenvalue weighted by Crippen LogP contribution is 2.32. The lowest BCUT2D eigenvalue weighted by molar-refractivity contribution is 0.0995. The Bertz CT molecular complexity index is 1210. The molecule has 30 heavy (non-hydrogen) atoms. The molecular weight excluding hydrogens is 418 g/mol. The van der Waals surface area contributed by atoms with Crippen molar-refractivity contribution in [3.8, 4) is 11.3 Å². The lowest BCUT2D eigenvalue weighted by Gasteiger charge is -2.01. The van der Waals surface area contributed by atoms with Crippen LogP contribution in [0.15, 0.2) is 53.1 Å². The zero-order valence-corrected chi connectivity index (χ0v) is 18.2. The van der Waals surface area contributed by atoms with Crippen LogP contribution in [0.25, 0.3) is 11.3 Å². The molecular formula is C22H19N3O3S2. The van der Waals surface area contributed by atoms with Crippen LogP contribution in [0.5, 0.6) is 0 Å². The van der Waals surface area contributed by atoms with Gasteiger partial charge in [-0.15, -0.1) is 22.7 Å². The van der Waals surface area contributed by atoms with E-state index in [1.165, 1.54) is 34.5 Å². The smallest absolute Gasteiger partial charge is 0.291 e. The summed E-state index contributed by atoms with van der Waals surface area (Å²) in [4.78, 5) is 31.1. The number of benzene rings is 1. The molecule has 0 bridgehead atoms. The number of anilines is 2. The third-order valence-corrected chi connectivity index (χ3v) is 6.49. The van der Waals surface area contributed by atoms with E-state index in [1.807, 2.05) is 45.0 Å². The standard InChI is InChI=1S/C22H19N3O3S2/c1-12-6-8-15(9-7-12)18-14(3)29-22(24-18)25-21(27)19-13(2)11-17(30-19)23-20(26)16-5-4-10-28-16/h4-11H,1-3H3,(H,23,26)(H,24,25,27). The average molecular weight is 438 g/mol. The molecule has 0 atom stereocenters. The lowest BCUT2D eigenvalue weighted by Crippen LogP contribution is -2.11. The van der Waals surface area contributed by atoms with E-state index < -0.39 is 0 Å².